The summed E-state index contributed by atoms with van der Waals surface area (Å²) < 4.78 is 5.53. The predicted molar refractivity (Wildman–Crippen MR) is 79.9 cm³/mol. The molecule has 3 nitrogen and oxygen atoms in total. The van der Waals surface area contributed by atoms with Crippen LogP contribution in [0.4, 0.5) is 0 Å². The van der Waals surface area contributed by atoms with Crippen molar-refractivity contribution < 1.29 is 4.74 Å². The van der Waals surface area contributed by atoms with Gasteiger partial charge >= 0.3 is 0 Å². The molecule has 0 radical (unpaired) electrons. The Balaban J connectivity index is 1.65. The van der Waals surface area contributed by atoms with Gasteiger partial charge in [0.25, 0.3) is 0 Å². The Bertz CT molecular complexity index is 362. The molecule has 106 valence electrons. The molecule has 3 heteroatoms. The second-order valence-electron chi connectivity index (χ2n) is 5.13. The fourth-order valence-corrected chi connectivity index (χ4v) is 2.56. The predicted octanol–water partition coefficient (Wildman–Crippen LogP) is 2.31. The van der Waals surface area contributed by atoms with Crippen LogP contribution in [-0.2, 0) is 6.42 Å². The zero-order chi connectivity index (χ0) is 13.3. The van der Waals surface area contributed by atoms with Crippen molar-refractivity contribution in [1.82, 2.24) is 10.2 Å². The summed E-state index contributed by atoms with van der Waals surface area (Å²) in [5.41, 5.74) is 1.39. The number of nitrogens with zero attached hydrogens (tertiary/aromatic N) is 1. The molecule has 1 aliphatic rings. The Hall–Kier alpha value is -1.06. The number of piperazine rings is 1. The first-order chi connectivity index (χ1) is 9.38. The van der Waals surface area contributed by atoms with Crippen molar-refractivity contribution in [3.8, 4) is 5.75 Å². The molecular formula is C16H26N2O. The van der Waals surface area contributed by atoms with Gasteiger partial charge in [-0.2, -0.15) is 0 Å². The second-order valence-corrected chi connectivity index (χ2v) is 5.13. The summed E-state index contributed by atoms with van der Waals surface area (Å²) in [7, 11) is 0. The van der Waals surface area contributed by atoms with Gasteiger partial charge in [-0.1, -0.05) is 12.1 Å². The summed E-state index contributed by atoms with van der Waals surface area (Å²) in [6, 6.07) is 8.51. The number of aryl methyl sites for hydroxylation is 1. The van der Waals surface area contributed by atoms with Crippen molar-refractivity contribution >= 4 is 0 Å². The Morgan fingerprint density at radius 1 is 1.21 bits per heavy atom. The number of hydrogen-bond acceptors (Lipinski definition) is 3. The van der Waals surface area contributed by atoms with E-state index in [0.717, 1.165) is 31.9 Å². The quantitative estimate of drug-likeness (QED) is 0.763. The van der Waals surface area contributed by atoms with E-state index in [1.54, 1.807) is 0 Å². The van der Waals surface area contributed by atoms with Crippen LogP contribution in [0.2, 0.25) is 0 Å². The fraction of sp³-hybridized carbons (Fsp3) is 0.625. The Morgan fingerprint density at radius 2 is 2.05 bits per heavy atom. The van der Waals surface area contributed by atoms with Gasteiger partial charge in [0.15, 0.2) is 0 Å². The van der Waals surface area contributed by atoms with Gasteiger partial charge in [0.05, 0.1) is 6.61 Å². The normalized spacial score (nSPS) is 16.5. The maximum Gasteiger partial charge on any atom is 0.119 e. The van der Waals surface area contributed by atoms with Crippen LogP contribution >= 0.6 is 0 Å². The molecule has 1 aromatic carbocycles. The van der Waals surface area contributed by atoms with Crippen LogP contribution in [0.25, 0.3) is 0 Å². The van der Waals surface area contributed by atoms with Crippen LogP contribution in [0.1, 0.15) is 25.3 Å². The van der Waals surface area contributed by atoms with Crippen LogP contribution in [0.5, 0.6) is 5.75 Å². The van der Waals surface area contributed by atoms with Crippen molar-refractivity contribution in [2.24, 2.45) is 0 Å². The monoisotopic (exact) mass is 262 g/mol. The first-order valence-corrected chi connectivity index (χ1v) is 7.53. The second kappa shape index (κ2) is 8.18. The maximum absolute atomic E-state index is 5.53. The van der Waals surface area contributed by atoms with E-state index >= 15 is 0 Å². The summed E-state index contributed by atoms with van der Waals surface area (Å²) in [5.74, 6) is 1.00. The first kappa shape index (κ1) is 14.4. The van der Waals surface area contributed by atoms with E-state index in [0.29, 0.717) is 0 Å². The van der Waals surface area contributed by atoms with E-state index in [1.165, 1.54) is 38.0 Å². The van der Waals surface area contributed by atoms with E-state index in [9.17, 15) is 0 Å². The van der Waals surface area contributed by atoms with Gasteiger partial charge < -0.3 is 15.0 Å². The third kappa shape index (κ3) is 5.21. The van der Waals surface area contributed by atoms with Crippen LogP contribution in [-0.4, -0.2) is 44.2 Å². The van der Waals surface area contributed by atoms with Crippen molar-refractivity contribution in [3.05, 3.63) is 29.8 Å². The van der Waals surface area contributed by atoms with Gasteiger partial charge in [-0.25, -0.2) is 0 Å². The summed E-state index contributed by atoms with van der Waals surface area (Å²) in [5, 5.41) is 3.39. The minimum atomic E-state index is 0.743. The van der Waals surface area contributed by atoms with Gasteiger partial charge in [0, 0.05) is 26.2 Å². The summed E-state index contributed by atoms with van der Waals surface area (Å²) in [6.07, 6.45) is 3.71. The Morgan fingerprint density at radius 3 is 2.84 bits per heavy atom. The number of rotatable bonds is 7. The summed E-state index contributed by atoms with van der Waals surface area (Å²) >= 11 is 0. The lowest BCUT2D eigenvalue weighted by Gasteiger charge is -2.27. The SMILES string of the molecule is CCOc1cccc(CCCCN2CCNCC2)c1. The zero-order valence-corrected chi connectivity index (χ0v) is 12.0. The van der Waals surface area contributed by atoms with E-state index < -0.39 is 0 Å². The highest BCUT2D eigenvalue weighted by atomic mass is 16.5. The number of hydrogen-bond donors (Lipinski definition) is 1. The average Bonchev–Trinajstić information content (AvgIpc) is 2.46. The third-order valence-electron chi connectivity index (χ3n) is 3.61. The molecule has 1 saturated heterocycles. The van der Waals surface area contributed by atoms with Gasteiger partial charge in [0.1, 0.15) is 5.75 Å². The first-order valence-electron chi connectivity index (χ1n) is 7.53. The molecule has 0 saturated carbocycles. The lowest BCUT2D eigenvalue weighted by atomic mass is 10.1. The highest BCUT2D eigenvalue weighted by Gasteiger charge is 2.08. The lowest BCUT2D eigenvalue weighted by Crippen LogP contribution is -2.43. The van der Waals surface area contributed by atoms with Crippen molar-refractivity contribution in [2.45, 2.75) is 26.2 Å². The fourth-order valence-electron chi connectivity index (χ4n) is 2.56. The van der Waals surface area contributed by atoms with Crippen molar-refractivity contribution in [2.75, 3.05) is 39.3 Å². The molecule has 1 fully saturated rings. The number of ether oxygens (including phenoxy) is 1. The minimum Gasteiger partial charge on any atom is -0.494 e. The molecule has 0 atom stereocenters. The summed E-state index contributed by atoms with van der Waals surface area (Å²) in [6.45, 7) is 8.73. The van der Waals surface area contributed by atoms with Gasteiger partial charge in [-0.3, -0.25) is 0 Å². The van der Waals surface area contributed by atoms with E-state index in [-0.39, 0.29) is 0 Å². The van der Waals surface area contributed by atoms with Crippen molar-refractivity contribution in [1.29, 1.82) is 0 Å². The van der Waals surface area contributed by atoms with E-state index in [4.69, 9.17) is 4.74 Å². The Labute approximate surface area is 116 Å². The molecule has 0 unspecified atom stereocenters. The van der Waals surface area contributed by atoms with Gasteiger partial charge in [-0.05, 0) is 50.4 Å². The molecule has 0 bridgehead atoms. The van der Waals surface area contributed by atoms with Crippen LogP contribution in [0.15, 0.2) is 24.3 Å². The molecule has 1 heterocycles. The molecule has 0 amide bonds. The highest BCUT2D eigenvalue weighted by Crippen LogP contribution is 2.15. The smallest absolute Gasteiger partial charge is 0.119 e. The van der Waals surface area contributed by atoms with Crippen LogP contribution in [0, 0.1) is 0 Å². The topological polar surface area (TPSA) is 24.5 Å². The minimum absolute atomic E-state index is 0.743. The molecule has 1 N–H and O–H groups in total. The zero-order valence-electron chi connectivity index (χ0n) is 12.0. The van der Waals surface area contributed by atoms with Crippen molar-refractivity contribution in [3.63, 3.8) is 0 Å². The molecule has 1 aliphatic heterocycles. The standard InChI is InChI=1S/C16H26N2O/c1-2-19-16-8-5-7-15(14-16)6-3-4-11-18-12-9-17-10-13-18/h5,7-8,14,17H,2-4,6,9-13H2,1H3. The third-order valence-corrected chi connectivity index (χ3v) is 3.61. The van der Waals surface area contributed by atoms with E-state index in [1.807, 2.05) is 13.0 Å². The van der Waals surface area contributed by atoms with Gasteiger partial charge in [0.2, 0.25) is 0 Å². The molecule has 2 rings (SSSR count). The van der Waals surface area contributed by atoms with Crippen LogP contribution in [0.3, 0.4) is 0 Å². The number of benzene rings is 1. The number of nitrogens with one attached hydrogen (secondary N) is 1. The molecule has 19 heavy (non-hydrogen) atoms. The average molecular weight is 262 g/mol. The van der Waals surface area contributed by atoms with Crippen LogP contribution < -0.4 is 10.1 Å². The van der Waals surface area contributed by atoms with E-state index in [2.05, 4.69) is 28.4 Å². The van der Waals surface area contributed by atoms with Gasteiger partial charge in [-0.15, -0.1) is 0 Å². The molecule has 0 aromatic heterocycles. The maximum atomic E-state index is 5.53. The molecule has 1 aromatic rings. The largest absolute Gasteiger partial charge is 0.494 e. The molecular weight excluding hydrogens is 236 g/mol. The highest BCUT2D eigenvalue weighted by molar-refractivity contribution is 5.28. The lowest BCUT2D eigenvalue weighted by molar-refractivity contribution is 0.237. The Kier molecular flexibility index (Phi) is 6.18. The summed E-state index contributed by atoms with van der Waals surface area (Å²) in [4.78, 5) is 2.56. The number of unbranched alkanes of at least 4 members (excludes halogenated alkanes) is 1. The molecule has 0 spiro atoms. The molecule has 0 aliphatic carbocycles.